The zero-order chi connectivity index (χ0) is 45.5. The molecule has 0 bridgehead atoms. The molecule has 7 heterocycles. The summed E-state index contributed by atoms with van der Waals surface area (Å²) in [6.45, 7) is 47.6. The van der Waals surface area contributed by atoms with Crippen molar-refractivity contribution in [1.29, 1.82) is 0 Å². The maximum atomic E-state index is 5.69. The van der Waals surface area contributed by atoms with Crippen LogP contribution in [0.1, 0.15) is 147 Å². The third-order valence-corrected chi connectivity index (χ3v) is 13.3. The first kappa shape index (κ1) is 49.9. The molecule has 62 heavy (non-hydrogen) atoms. The number of quaternary nitrogens is 1. The first-order valence-electron chi connectivity index (χ1n) is 22.5. The molecular weight excluding hydrogens is 887 g/mol. The van der Waals surface area contributed by atoms with Crippen molar-refractivity contribution in [1.82, 2.24) is 9.88 Å². The van der Waals surface area contributed by atoms with Crippen molar-refractivity contribution in [3.63, 3.8) is 0 Å². The summed E-state index contributed by atoms with van der Waals surface area (Å²) in [5.41, 5.74) is 13.5. The molecule has 0 aliphatic carbocycles. The van der Waals surface area contributed by atoms with Gasteiger partial charge in [-0.3, -0.25) is 11.6 Å². The van der Waals surface area contributed by atoms with Gasteiger partial charge in [0, 0.05) is 83.6 Å². The van der Waals surface area contributed by atoms with Gasteiger partial charge in [0.2, 0.25) is 0 Å². The molecule has 4 aliphatic heterocycles. The molecule has 1 spiro atoms. The molecule has 2 unspecified atom stereocenters. The summed E-state index contributed by atoms with van der Waals surface area (Å²) in [6.07, 6.45) is 24.7. The van der Waals surface area contributed by atoms with Gasteiger partial charge in [0.1, 0.15) is 12.6 Å². The van der Waals surface area contributed by atoms with E-state index < -0.39 is 5.91 Å². The van der Waals surface area contributed by atoms with Crippen LogP contribution >= 0.6 is 0 Å². The SMILES string of the molecule is CC(C)(C)C1=CC[N+]2(C)C(=C1)C1C=C(C(C)(C)C)C=CN1C21[n+]2ccc(C(C)(C)C)cc2-c2cc(C(C)(C)C)cc[n+]21.[CH-]=C/C(=C\[CH-]c1cc(C(C)(C)C)ccn1)C(C)(C)C.[Nd]. The predicted molar refractivity (Wildman–Crippen MR) is 255 cm³/mol. The second kappa shape index (κ2) is 16.7. The maximum absolute atomic E-state index is 5.69. The summed E-state index contributed by atoms with van der Waals surface area (Å²) in [7, 11) is 2.47. The number of allylic oxidation sites excluding steroid dienone is 7. The average molecular weight is 966 g/mol. The van der Waals surface area contributed by atoms with E-state index >= 15 is 0 Å². The summed E-state index contributed by atoms with van der Waals surface area (Å²) in [4.78, 5) is 7.04. The molecule has 4 aliphatic rings. The largest absolute Gasteiger partial charge is 0.594 e. The van der Waals surface area contributed by atoms with Crippen LogP contribution in [0.2, 0.25) is 0 Å². The van der Waals surface area contributed by atoms with Crippen LogP contribution in [0, 0.1) is 70.1 Å². The van der Waals surface area contributed by atoms with Crippen LogP contribution in [0.25, 0.3) is 11.4 Å². The van der Waals surface area contributed by atoms with E-state index in [9.17, 15) is 0 Å². The summed E-state index contributed by atoms with van der Waals surface area (Å²) < 4.78 is 5.96. The molecule has 0 N–H and O–H groups in total. The molecule has 1 saturated heterocycles. The Morgan fingerprint density at radius 2 is 1.24 bits per heavy atom. The molecule has 0 saturated carbocycles. The number of hydrogen-bond acceptors (Lipinski definition) is 2. The molecule has 5 nitrogen and oxygen atoms in total. The van der Waals surface area contributed by atoms with Crippen LogP contribution in [0.4, 0.5) is 0 Å². The van der Waals surface area contributed by atoms with Crippen molar-refractivity contribution >= 4 is 0 Å². The van der Waals surface area contributed by atoms with Crippen molar-refractivity contribution in [2.75, 3.05) is 13.6 Å². The Morgan fingerprint density at radius 1 is 0.742 bits per heavy atom. The molecule has 3 aromatic heterocycles. The molecule has 1 fully saturated rings. The van der Waals surface area contributed by atoms with E-state index in [4.69, 9.17) is 6.58 Å². The third-order valence-electron chi connectivity index (χ3n) is 13.3. The van der Waals surface area contributed by atoms with Crippen molar-refractivity contribution in [3.05, 3.63) is 155 Å². The Morgan fingerprint density at radius 3 is 1.69 bits per heavy atom. The van der Waals surface area contributed by atoms with Gasteiger partial charge in [-0.25, -0.2) is 6.08 Å². The maximum Gasteiger partial charge on any atom is 0.594 e. The van der Waals surface area contributed by atoms with Crippen LogP contribution < -0.4 is 9.13 Å². The van der Waals surface area contributed by atoms with Crippen molar-refractivity contribution in [3.8, 4) is 11.4 Å². The Kier molecular flexibility index (Phi) is 13.4. The van der Waals surface area contributed by atoms with Gasteiger partial charge < -0.3 is 0 Å². The van der Waals surface area contributed by atoms with Gasteiger partial charge in [-0.05, 0) is 73.3 Å². The second-order valence-corrected chi connectivity index (χ2v) is 24.3. The fraction of sp³-hybridized carbons (Fsp3) is 0.500. The molecule has 330 valence electrons. The number of aromatic nitrogens is 3. The first-order chi connectivity index (χ1) is 27.8. The van der Waals surface area contributed by atoms with Crippen molar-refractivity contribution in [2.24, 2.45) is 16.2 Å². The van der Waals surface area contributed by atoms with Gasteiger partial charge in [0.05, 0.1) is 7.05 Å². The van der Waals surface area contributed by atoms with Crippen molar-refractivity contribution in [2.45, 2.75) is 153 Å². The van der Waals surface area contributed by atoms with Gasteiger partial charge in [-0.2, -0.15) is 16.5 Å². The van der Waals surface area contributed by atoms with E-state index in [1.165, 1.54) is 44.9 Å². The van der Waals surface area contributed by atoms with Gasteiger partial charge in [-0.1, -0.05) is 151 Å². The summed E-state index contributed by atoms with van der Waals surface area (Å²) >= 11 is 0. The van der Waals surface area contributed by atoms with E-state index in [1.54, 1.807) is 6.08 Å². The van der Waals surface area contributed by atoms with E-state index in [-0.39, 0.29) is 79.4 Å². The molecule has 0 amide bonds. The summed E-state index contributed by atoms with van der Waals surface area (Å²) in [5.74, 6) is -0.510. The van der Waals surface area contributed by atoms with Gasteiger partial charge in [0.25, 0.3) is 11.4 Å². The first-order valence-corrected chi connectivity index (χ1v) is 22.5. The van der Waals surface area contributed by atoms with Crippen LogP contribution in [-0.2, 0) is 22.2 Å². The Labute approximate surface area is 410 Å². The van der Waals surface area contributed by atoms with Gasteiger partial charge in [-0.15, -0.1) is 17.0 Å². The van der Waals surface area contributed by atoms with Crippen LogP contribution in [0.3, 0.4) is 0 Å². The van der Waals surface area contributed by atoms with E-state index in [2.05, 4.69) is 236 Å². The number of nitrogens with zero attached hydrogens (tertiary/aromatic N) is 5. The fourth-order valence-electron chi connectivity index (χ4n) is 9.20. The predicted octanol–water partition coefficient (Wildman–Crippen LogP) is 12.3. The quantitative estimate of drug-likeness (QED) is 0.113. The molecule has 6 heteroatoms. The number of likely N-dealkylation sites (N-methyl/N-ethyl adjacent to an activating group) is 1. The topological polar surface area (TPSA) is 23.9 Å². The van der Waals surface area contributed by atoms with Gasteiger partial charge in [0.15, 0.2) is 18.1 Å². The van der Waals surface area contributed by atoms with Crippen LogP contribution in [-0.4, -0.2) is 34.0 Å². The van der Waals surface area contributed by atoms with Crippen LogP contribution in [0.15, 0.2) is 120 Å². The zero-order valence-electron chi connectivity index (χ0n) is 41.9. The van der Waals surface area contributed by atoms with Crippen molar-refractivity contribution < 1.29 is 54.5 Å². The number of hydrogen-bond donors (Lipinski definition) is 0. The minimum absolute atomic E-state index is 0. The van der Waals surface area contributed by atoms with E-state index in [1.807, 2.05) is 12.6 Å². The van der Waals surface area contributed by atoms with E-state index in [0.717, 1.165) is 22.3 Å². The molecule has 7 rings (SSSR count). The number of fused-ring (bicyclic) bond motifs is 10. The third kappa shape index (κ3) is 9.07. The average Bonchev–Trinajstić information content (AvgIpc) is 3.56. The Bertz CT molecular complexity index is 2300. The number of rotatable bonds is 3. The monoisotopic (exact) mass is 963 g/mol. The second-order valence-electron chi connectivity index (χ2n) is 24.3. The molecular formula is C56H78N5Nd+. The number of pyridine rings is 3. The molecule has 3 aromatic rings. The Hall–Kier alpha value is -3.13. The summed E-state index contributed by atoms with van der Waals surface area (Å²) in [6, 6.07) is 14.0. The standard InChI is InChI=1S/C38H53N4.C18H25N.Nd/c1-34(2,3)26-14-18-39-30(22-26)31-23-27(35(4,5)6)15-19-40(31)38(39)41-20-16-28(36(7,8)9)24-32(41)33-25-29(37(10,11)12)17-21-42(33,38)13;1-8-14(17(2,3)4)9-10-16-13-15(11-12-19-16)18(5,6)7;/h14-20,22-25,32H,21H2,1-13H3;1,8-13H,2-7H3;/q+3;-2;/b;14-9+;. The molecule has 2 atom stereocenters. The normalized spacial score (nSPS) is 20.7. The summed E-state index contributed by atoms with van der Waals surface area (Å²) in [5, 5.41) is 0. The smallest absolute Gasteiger partial charge is 0.287 e. The zero-order valence-corrected chi connectivity index (χ0v) is 45.1. The minimum atomic E-state index is -0.510. The minimum Gasteiger partial charge on any atom is -0.287 e. The van der Waals surface area contributed by atoms with Gasteiger partial charge >= 0.3 is 5.91 Å². The molecule has 0 radical (unpaired) electrons. The fourth-order valence-corrected chi connectivity index (χ4v) is 9.20. The van der Waals surface area contributed by atoms with E-state index in [0.29, 0.717) is 0 Å². The Balaban J connectivity index is 0.000000307. The molecule has 0 aromatic carbocycles. The van der Waals surface area contributed by atoms with Crippen LogP contribution in [0.5, 0.6) is 0 Å².